The molecule has 1 aliphatic rings. The highest BCUT2D eigenvalue weighted by Crippen LogP contribution is 2.29. The van der Waals surface area contributed by atoms with E-state index in [2.05, 4.69) is 28.8 Å². The van der Waals surface area contributed by atoms with Gasteiger partial charge >= 0.3 is 0 Å². The fraction of sp³-hybridized carbons (Fsp3) is 0.294. The molecule has 0 bridgehead atoms. The first kappa shape index (κ1) is 15.8. The van der Waals surface area contributed by atoms with Crippen LogP contribution in [0.3, 0.4) is 0 Å². The van der Waals surface area contributed by atoms with Gasteiger partial charge in [0.25, 0.3) is 0 Å². The lowest BCUT2D eigenvalue weighted by Gasteiger charge is -2.17. The van der Waals surface area contributed by atoms with E-state index in [1.807, 2.05) is 6.92 Å². The van der Waals surface area contributed by atoms with Crippen LogP contribution in [0.15, 0.2) is 30.3 Å². The van der Waals surface area contributed by atoms with Gasteiger partial charge in [0.05, 0.1) is 5.02 Å². The topological polar surface area (TPSA) is 24.1 Å². The van der Waals surface area contributed by atoms with Gasteiger partial charge in [0.1, 0.15) is 5.82 Å². The smallest absolute Gasteiger partial charge is 0.142 e. The van der Waals surface area contributed by atoms with E-state index in [-0.39, 0.29) is 11.1 Å². The Balaban J connectivity index is 1.70. The Morgan fingerprint density at radius 2 is 1.91 bits per heavy atom. The summed E-state index contributed by atoms with van der Waals surface area (Å²) < 4.78 is 13.6. The van der Waals surface area contributed by atoms with Gasteiger partial charge in [0, 0.05) is 30.7 Å². The Labute approximate surface area is 139 Å². The second-order valence-corrected chi connectivity index (χ2v) is 6.41. The molecule has 0 saturated heterocycles. The maximum atomic E-state index is 13.6. The summed E-state index contributed by atoms with van der Waals surface area (Å²) in [5.74, 6) is -0.446. The van der Waals surface area contributed by atoms with Gasteiger partial charge in [0.15, 0.2) is 0 Å². The minimum absolute atomic E-state index is 0.0482. The predicted octanol–water partition coefficient (Wildman–Crippen LogP) is 4.59. The van der Waals surface area contributed by atoms with Crippen LogP contribution >= 0.6 is 23.2 Å². The highest BCUT2D eigenvalue weighted by Gasteiger charge is 2.14. The molecule has 22 heavy (non-hydrogen) atoms. The van der Waals surface area contributed by atoms with Gasteiger partial charge in [0.2, 0.25) is 0 Å². The number of fused-ring (bicyclic) bond motifs is 1. The van der Waals surface area contributed by atoms with Gasteiger partial charge in [-0.15, -0.1) is 0 Å². The van der Waals surface area contributed by atoms with Gasteiger partial charge in [-0.3, -0.25) is 0 Å². The molecule has 2 aromatic rings. The van der Waals surface area contributed by atoms with Crippen molar-refractivity contribution in [2.75, 3.05) is 0 Å². The normalized spacial score (nSPS) is 14.9. The van der Waals surface area contributed by atoms with Gasteiger partial charge in [-0.1, -0.05) is 41.4 Å². The Bertz CT molecular complexity index is 703. The maximum Gasteiger partial charge on any atom is 0.142 e. The molecular weight excluding hydrogens is 322 g/mol. The van der Waals surface area contributed by atoms with Gasteiger partial charge in [-0.2, -0.15) is 0 Å². The molecule has 1 atom stereocenters. The predicted molar refractivity (Wildman–Crippen MR) is 88.7 cm³/mol. The molecule has 2 aromatic carbocycles. The average Bonchev–Trinajstić information content (AvgIpc) is 2.96. The lowest BCUT2D eigenvalue weighted by atomic mass is 10.0. The number of rotatable bonds is 4. The lowest BCUT2D eigenvalue weighted by Crippen LogP contribution is -2.18. The van der Waals surface area contributed by atoms with Crippen LogP contribution < -0.4 is 10.6 Å². The first-order valence-corrected chi connectivity index (χ1v) is 7.99. The highest BCUT2D eigenvalue weighted by molar-refractivity contribution is 6.35. The van der Waals surface area contributed by atoms with Crippen molar-refractivity contribution in [3.05, 3.63) is 68.4 Å². The SMILES string of the molecule is CC(NCc1ccc2c(c1)CNC2)c1cc(F)c(Cl)cc1Cl. The quantitative estimate of drug-likeness (QED) is 0.797. The van der Waals surface area contributed by atoms with Crippen molar-refractivity contribution in [1.82, 2.24) is 10.6 Å². The molecule has 0 radical (unpaired) electrons. The molecule has 0 aromatic heterocycles. The highest BCUT2D eigenvalue weighted by atomic mass is 35.5. The van der Waals surface area contributed by atoms with Crippen LogP contribution in [0, 0.1) is 5.82 Å². The monoisotopic (exact) mass is 338 g/mol. The fourth-order valence-electron chi connectivity index (χ4n) is 2.71. The minimum atomic E-state index is -0.446. The summed E-state index contributed by atoms with van der Waals surface area (Å²) in [7, 11) is 0. The number of nitrogens with one attached hydrogen (secondary N) is 2. The molecule has 0 saturated carbocycles. The molecule has 2 N–H and O–H groups in total. The van der Waals surface area contributed by atoms with E-state index in [9.17, 15) is 4.39 Å². The molecule has 0 aliphatic carbocycles. The minimum Gasteiger partial charge on any atom is -0.309 e. The first-order valence-electron chi connectivity index (χ1n) is 7.24. The van der Waals surface area contributed by atoms with E-state index in [0.29, 0.717) is 17.1 Å². The fourth-order valence-corrected chi connectivity index (χ4v) is 3.26. The van der Waals surface area contributed by atoms with Crippen LogP contribution in [-0.4, -0.2) is 0 Å². The van der Waals surface area contributed by atoms with Crippen LogP contribution in [0.1, 0.15) is 35.2 Å². The van der Waals surface area contributed by atoms with Gasteiger partial charge < -0.3 is 10.6 Å². The van der Waals surface area contributed by atoms with E-state index < -0.39 is 5.82 Å². The number of hydrogen-bond donors (Lipinski definition) is 2. The third kappa shape index (κ3) is 3.28. The molecular formula is C17H17Cl2FN2. The molecule has 0 spiro atoms. The molecule has 5 heteroatoms. The molecule has 0 amide bonds. The molecule has 1 heterocycles. The van der Waals surface area contributed by atoms with Crippen LogP contribution in [0.4, 0.5) is 4.39 Å². The van der Waals surface area contributed by atoms with E-state index in [1.54, 1.807) is 0 Å². The molecule has 0 fully saturated rings. The summed E-state index contributed by atoms with van der Waals surface area (Å²) in [6.07, 6.45) is 0. The number of benzene rings is 2. The third-order valence-corrected chi connectivity index (χ3v) is 4.64. The maximum absolute atomic E-state index is 13.6. The standard InChI is InChI=1S/C17H17Cl2FN2/c1-10(14-5-17(20)16(19)6-15(14)18)22-7-11-2-3-12-8-21-9-13(12)4-11/h2-6,10,21-22H,7-9H2,1H3. The first-order chi connectivity index (χ1) is 10.5. The van der Waals surface area contributed by atoms with Crippen molar-refractivity contribution in [3.8, 4) is 0 Å². The Morgan fingerprint density at radius 3 is 2.73 bits per heavy atom. The second kappa shape index (κ2) is 6.55. The van der Waals surface area contributed by atoms with Crippen molar-refractivity contribution >= 4 is 23.2 Å². The number of halogens is 3. The van der Waals surface area contributed by atoms with Crippen molar-refractivity contribution in [1.29, 1.82) is 0 Å². The Kier molecular flexibility index (Phi) is 4.69. The summed E-state index contributed by atoms with van der Waals surface area (Å²) in [6.45, 7) is 4.53. The summed E-state index contributed by atoms with van der Waals surface area (Å²) in [5.41, 5.74) is 4.63. The number of hydrogen-bond acceptors (Lipinski definition) is 2. The lowest BCUT2D eigenvalue weighted by molar-refractivity contribution is 0.565. The van der Waals surface area contributed by atoms with E-state index in [4.69, 9.17) is 23.2 Å². The zero-order valence-corrected chi connectivity index (χ0v) is 13.7. The second-order valence-electron chi connectivity index (χ2n) is 5.60. The van der Waals surface area contributed by atoms with E-state index in [1.165, 1.54) is 28.8 Å². The summed E-state index contributed by atoms with van der Waals surface area (Å²) in [6, 6.07) is 9.27. The van der Waals surface area contributed by atoms with E-state index >= 15 is 0 Å². The summed E-state index contributed by atoms with van der Waals surface area (Å²) in [5, 5.41) is 7.24. The Hall–Kier alpha value is -1.13. The average molecular weight is 339 g/mol. The molecule has 1 unspecified atom stereocenters. The van der Waals surface area contributed by atoms with Crippen molar-refractivity contribution in [2.45, 2.75) is 32.6 Å². The molecule has 3 rings (SSSR count). The van der Waals surface area contributed by atoms with E-state index in [0.717, 1.165) is 13.1 Å². The van der Waals surface area contributed by atoms with Crippen LogP contribution in [0.5, 0.6) is 0 Å². The van der Waals surface area contributed by atoms with Crippen molar-refractivity contribution < 1.29 is 4.39 Å². The third-order valence-electron chi connectivity index (χ3n) is 4.02. The molecule has 1 aliphatic heterocycles. The molecule has 2 nitrogen and oxygen atoms in total. The van der Waals surface area contributed by atoms with Crippen molar-refractivity contribution in [3.63, 3.8) is 0 Å². The summed E-state index contributed by atoms with van der Waals surface area (Å²) >= 11 is 11.9. The largest absolute Gasteiger partial charge is 0.309 e. The van der Waals surface area contributed by atoms with Gasteiger partial charge in [-0.05, 0) is 41.3 Å². The van der Waals surface area contributed by atoms with Crippen LogP contribution in [-0.2, 0) is 19.6 Å². The summed E-state index contributed by atoms with van der Waals surface area (Å²) in [4.78, 5) is 0. The zero-order valence-electron chi connectivity index (χ0n) is 12.2. The van der Waals surface area contributed by atoms with Gasteiger partial charge in [-0.25, -0.2) is 4.39 Å². The Morgan fingerprint density at radius 1 is 1.14 bits per heavy atom. The van der Waals surface area contributed by atoms with Crippen LogP contribution in [0.2, 0.25) is 10.0 Å². The van der Waals surface area contributed by atoms with Crippen molar-refractivity contribution in [2.24, 2.45) is 0 Å². The van der Waals surface area contributed by atoms with Crippen LogP contribution in [0.25, 0.3) is 0 Å². The molecule has 116 valence electrons. The zero-order chi connectivity index (χ0) is 15.7.